The number of anilines is 1. The quantitative estimate of drug-likeness (QED) is 0.736. The molecule has 2 aromatic carbocycles. The number of carbonyl (C=O) groups excluding carboxylic acids is 1. The van der Waals surface area contributed by atoms with Crippen molar-refractivity contribution in [1.82, 2.24) is 0 Å². The molecule has 0 atom stereocenters. The molecule has 4 nitrogen and oxygen atoms in total. The van der Waals surface area contributed by atoms with E-state index in [-0.39, 0.29) is 12.7 Å². The van der Waals surface area contributed by atoms with Crippen LogP contribution in [0.5, 0.6) is 11.5 Å². The van der Waals surface area contributed by atoms with Crippen LogP contribution in [-0.4, -0.2) is 18.5 Å². The van der Waals surface area contributed by atoms with E-state index in [2.05, 4.69) is 46.1 Å². The number of fused-ring (bicyclic) bond motifs is 1. The van der Waals surface area contributed by atoms with Crippen LogP contribution in [-0.2, 0) is 10.5 Å². The fourth-order valence-corrected chi connectivity index (χ4v) is 3.44. The van der Waals surface area contributed by atoms with E-state index >= 15 is 0 Å². The molecule has 0 aromatic heterocycles. The number of hydrogen-bond acceptors (Lipinski definition) is 4. The van der Waals surface area contributed by atoms with Crippen molar-refractivity contribution in [2.24, 2.45) is 0 Å². The maximum absolute atomic E-state index is 12.0. The number of benzene rings is 2. The zero-order valence-electron chi connectivity index (χ0n) is 11.7. The Balaban J connectivity index is 1.48. The van der Waals surface area contributed by atoms with Crippen LogP contribution in [0, 0.1) is 3.57 Å². The number of nitrogens with one attached hydrogen (secondary N) is 1. The van der Waals surface area contributed by atoms with Crippen molar-refractivity contribution in [3.63, 3.8) is 0 Å². The average molecular weight is 427 g/mol. The summed E-state index contributed by atoms with van der Waals surface area (Å²) in [5.74, 6) is 2.61. The largest absolute Gasteiger partial charge is 0.454 e. The van der Waals surface area contributed by atoms with Crippen LogP contribution in [0.2, 0.25) is 0 Å². The van der Waals surface area contributed by atoms with Gasteiger partial charge in [0.1, 0.15) is 0 Å². The minimum atomic E-state index is -0.0190. The number of thioether (sulfide) groups is 1. The van der Waals surface area contributed by atoms with Gasteiger partial charge >= 0.3 is 0 Å². The summed E-state index contributed by atoms with van der Waals surface area (Å²) in [6.07, 6.45) is 0. The summed E-state index contributed by atoms with van der Waals surface area (Å²) in [6.45, 7) is 0.235. The fraction of sp³-hybridized carbons (Fsp3) is 0.188. The first kappa shape index (κ1) is 15.5. The van der Waals surface area contributed by atoms with E-state index < -0.39 is 0 Å². The van der Waals surface area contributed by atoms with Gasteiger partial charge in [0, 0.05) is 21.1 Å². The van der Waals surface area contributed by atoms with Crippen LogP contribution in [0.25, 0.3) is 0 Å². The number of amides is 1. The summed E-state index contributed by atoms with van der Waals surface area (Å²) in [6, 6.07) is 13.7. The van der Waals surface area contributed by atoms with Gasteiger partial charge in [-0.1, -0.05) is 12.1 Å². The van der Waals surface area contributed by atoms with E-state index in [1.165, 1.54) is 9.13 Å². The first-order valence-corrected chi connectivity index (χ1v) is 8.96. The lowest BCUT2D eigenvalue weighted by molar-refractivity contribution is -0.113. The van der Waals surface area contributed by atoms with Gasteiger partial charge in [-0.15, -0.1) is 11.8 Å². The fourth-order valence-electron chi connectivity index (χ4n) is 2.06. The van der Waals surface area contributed by atoms with Crippen molar-refractivity contribution in [2.45, 2.75) is 5.75 Å². The molecule has 1 heterocycles. The standard InChI is InChI=1S/C16H14INO3S/c17-12-3-1-2-11(6-12)8-22-9-16(19)18-13-4-5-14-15(7-13)21-10-20-14/h1-7H,8-10H2,(H,18,19). The molecule has 0 unspecified atom stereocenters. The first-order valence-electron chi connectivity index (χ1n) is 6.72. The molecule has 1 N–H and O–H groups in total. The smallest absolute Gasteiger partial charge is 0.234 e. The van der Waals surface area contributed by atoms with Crippen molar-refractivity contribution in [1.29, 1.82) is 0 Å². The van der Waals surface area contributed by atoms with Crippen molar-refractivity contribution >= 4 is 45.9 Å². The maximum atomic E-state index is 12.0. The summed E-state index contributed by atoms with van der Waals surface area (Å²) >= 11 is 3.89. The topological polar surface area (TPSA) is 47.6 Å². The third-order valence-corrected chi connectivity index (χ3v) is 4.72. The Kier molecular flexibility index (Phi) is 5.09. The Bertz CT molecular complexity index is 693. The summed E-state index contributed by atoms with van der Waals surface area (Å²) in [7, 11) is 0. The molecular weight excluding hydrogens is 413 g/mol. The molecule has 6 heteroatoms. The van der Waals surface area contributed by atoms with Crippen LogP contribution in [0.3, 0.4) is 0 Å². The third-order valence-electron chi connectivity index (χ3n) is 3.05. The SMILES string of the molecule is O=C(CSCc1cccc(I)c1)Nc1ccc2c(c1)OCO2. The van der Waals surface area contributed by atoms with Gasteiger partial charge in [-0.3, -0.25) is 4.79 Å². The predicted octanol–water partition coefficient (Wildman–Crippen LogP) is 3.89. The Morgan fingerprint density at radius 1 is 1.18 bits per heavy atom. The van der Waals surface area contributed by atoms with Gasteiger partial charge in [-0.05, 0) is 52.4 Å². The average Bonchev–Trinajstić information content (AvgIpc) is 2.95. The van der Waals surface area contributed by atoms with Crippen LogP contribution < -0.4 is 14.8 Å². The minimum absolute atomic E-state index is 0.0190. The highest BCUT2D eigenvalue weighted by molar-refractivity contribution is 14.1. The second-order valence-electron chi connectivity index (χ2n) is 4.74. The van der Waals surface area contributed by atoms with Crippen LogP contribution >= 0.6 is 34.4 Å². The monoisotopic (exact) mass is 427 g/mol. The van der Waals surface area contributed by atoms with Crippen molar-refractivity contribution in [3.8, 4) is 11.5 Å². The van der Waals surface area contributed by atoms with Gasteiger partial charge in [0.15, 0.2) is 11.5 Å². The Hall–Kier alpha value is -1.41. The number of halogens is 1. The summed E-state index contributed by atoms with van der Waals surface area (Å²) in [5.41, 5.74) is 1.96. The molecule has 0 bridgehead atoms. The molecule has 1 aliphatic heterocycles. The van der Waals surface area contributed by atoms with Crippen molar-refractivity contribution < 1.29 is 14.3 Å². The van der Waals surface area contributed by atoms with Gasteiger partial charge in [0.25, 0.3) is 0 Å². The van der Waals surface area contributed by atoms with E-state index in [0.717, 1.165) is 11.4 Å². The van der Waals surface area contributed by atoms with Crippen LogP contribution in [0.15, 0.2) is 42.5 Å². The molecule has 0 spiro atoms. The third kappa shape index (κ3) is 4.07. The zero-order chi connectivity index (χ0) is 15.4. The second kappa shape index (κ2) is 7.23. The van der Waals surface area contributed by atoms with E-state index in [9.17, 15) is 4.79 Å². The molecule has 1 amide bonds. The highest BCUT2D eigenvalue weighted by Crippen LogP contribution is 2.34. The second-order valence-corrected chi connectivity index (χ2v) is 6.97. The molecule has 0 fully saturated rings. The van der Waals surface area contributed by atoms with Crippen molar-refractivity contribution in [2.75, 3.05) is 17.9 Å². The van der Waals surface area contributed by atoms with Gasteiger partial charge in [0.05, 0.1) is 5.75 Å². The summed E-state index contributed by atoms with van der Waals surface area (Å²) < 4.78 is 11.7. The number of hydrogen-bond donors (Lipinski definition) is 1. The molecule has 22 heavy (non-hydrogen) atoms. The molecular formula is C16H14INO3S. The highest BCUT2D eigenvalue weighted by atomic mass is 127. The normalized spacial score (nSPS) is 12.2. The number of rotatable bonds is 5. The minimum Gasteiger partial charge on any atom is -0.454 e. The lowest BCUT2D eigenvalue weighted by Gasteiger charge is -2.06. The van der Waals surface area contributed by atoms with Crippen molar-refractivity contribution in [3.05, 3.63) is 51.6 Å². The molecule has 0 radical (unpaired) electrons. The van der Waals surface area contributed by atoms with E-state index in [0.29, 0.717) is 17.3 Å². The van der Waals surface area contributed by atoms with Gasteiger partial charge < -0.3 is 14.8 Å². The van der Waals surface area contributed by atoms with Gasteiger partial charge in [-0.2, -0.15) is 0 Å². The van der Waals surface area contributed by atoms with Gasteiger partial charge in [-0.25, -0.2) is 0 Å². The Morgan fingerprint density at radius 3 is 2.91 bits per heavy atom. The Morgan fingerprint density at radius 2 is 2.05 bits per heavy atom. The number of ether oxygens (including phenoxy) is 2. The number of carbonyl (C=O) groups is 1. The molecule has 0 aliphatic carbocycles. The lowest BCUT2D eigenvalue weighted by Crippen LogP contribution is -2.14. The Labute approximate surface area is 146 Å². The molecule has 1 aliphatic rings. The summed E-state index contributed by atoms with van der Waals surface area (Å²) in [5, 5.41) is 2.87. The molecule has 2 aromatic rings. The van der Waals surface area contributed by atoms with Crippen LogP contribution in [0.4, 0.5) is 5.69 Å². The lowest BCUT2D eigenvalue weighted by atomic mass is 10.2. The highest BCUT2D eigenvalue weighted by Gasteiger charge is 2.14. The zero-order valence-corrected chi connectivity index (χ0v) is 14.6. The van der Waals surface area contributed by atoms with E-state index in [4.69, 9.17) is 9.47 Å². The van der Waals surface area contributed by atoms with E-state index in [1.54, 1.807) is 23.9 Å². The van der Waals surface area contributed by atoms with Gasteiger partial charge in [0.2, 0.25) is 12.7 Å². The maximum Gasteiger partial charge on any atom is 0.234 e. The molecule has 3 rings (SSSR count). The predicted molar refractivity (Wildman–Crippen MR) is 96.5 cm³/mol. The van der Waals surface area contributed by atoms with Crippen LogP contribution in [0.1, 0.15) is 5.56 Å². The summed E-state index contributed by atoms with van der Waals surface area (Å²) in [4.78, 5) is 12.0. The molecule has 0 saturated heterocycles. The van der Waals surface area contributed by atoms with E-state index in [1.807, 2.05) is 12.1 Å². The molecule has 114 valence electrons. The molecule has 0 saturated carbocycles. The first-order chi connectivity index (χ1) is 10.7.